The van der Waals surface area contributed by atoms with Crippen LogP contribution in [0, 0.1) is 31.3 Å². The van der Waals surface area contributed by atoms with E-state index in [0.29, 0.717) is 11.6 Å². The van der Waals surface area contributed by atoms with E-state index in [1.165, 1.54) is 4.57 Å². The molecule has 6 heteroatoms. The molecule has 0 aliphatic rings. The number of halogens is 3. The predicted octanol–water partition coefficient (Wildman–Crippen LogP) is 4.66. The third-order valence-corrected chi connectivity index (χ3v) is 7.01. The van der Waals surface area contributed by atoms with Crippen LogP contribution < -0.4 is 16.2 Å². The lowest BCUT2D eigenvalue weighted by Crippen LogP contribution is -2.27. The van der Waals surface area contributed by atoms with Crippen LogP contribution in [-0.4, -0.2) is 9.55 Å². The molecule has 1 heterocycles. The fourth-order valence-electron chi connectivity index (χ4n) is 3.11. The molecular formula is C23H18F3N2P. The van der Waals surface area contributed by atoms with Crippen LogP contribution in [0.25, 0.3) is 5.69 Å². The zero-order valence-corrected chi connectivity index (χ0v) is 16.8. The van der Waals surface area contributed by atoms with Crippen LogP contribution in [0.2, 0.25) is 0 Å². The van der Waals surface area contributed by atoms with Crippen LogP contribution in [0.5, 0.6) is 0 Å². The Bertz CT molecular complexity index is 1110. The van der Waals surface area contributed by atoms with Gasteiger partial charge in [-0.05, 0) is 24.5 Å². The Morgan fingerprint density at radius 1 is 0.724 bits per heavy atom. The Kier molecular flexibility index (Phi) is 5.25. The summed E-state index contributed by atoms with van der Waals surface area (Å²) in [6.07, 6.45) is 3.12. The van der Waals surface area contributed by atoms with E-state index in [9.17, 15) is 13.2 Å². The summed E-state index contributed by atoms with van der Waals surface area (Å²) in [6, 6.07) is 17.6. The number of nitrogens with zero attached hydrogens (tertiary/aromatic N) is 2. The van der Waals surface area contributed by atoms with Gasteiger partial charge in [0.05, 0.1) is 5.69 Å². The van der Waals surface area contributed by atoms with Gasteiger partial charge >= 0.3 is 0 Å². The van der Waals surface area contributed by atoms with Crippen LogP contribution in [0.3, 0.4) is 0 Å². The lowest BCUT2D eigenvalue weighted by Gasteiger charge is -2.20. The summed E-state index contributed by atoms with van der Waals surface area (Å²) in [7, 11) is -1.14. The predicted molar refractivity (Wildman–Crippen MR) is 112 cm³/mol. The number of benzene rings is 3. The first-order valence-electron chi connectivity index (χ1n) is 9.06. The molecule has 0 N–H and O–H groups in total. The van der Waals surface area contributed by atoms with Crippen LogP contribution in [0.15, 0.2) is 73.1 Å². The van der Waals surface area contributed by atoms with Gasteiger partial charge in [0.2, 0.25) is 0 Å². The molecular weight excluding hydrogens is 392 g/mol. The van der Waals surface area contributed by atoms with Gasteiger partial charge in [0.25, 0.3) is 0 Å². The van der Waals surface area contributed by atoms with Crippen LogP contribution >= 0.6 is 7.92 Å². The van der Waals surface area contributed by atoms with Crippen molar-refractivity contribution in [2.45, 2.75) is 13.8 Å². The number of aromatic nitrogens is 2. The van der Waals surface area contributed by atoms with Crippen LogP contribution in [0.4, 0.5) is 13.2 Å². The monoisotopic (exact) mass is 410 g/mol. The lowest BCUT2D eigenvalue weighted by atomic mass is 10.2. The molecule has 0 bridgehead atoms. The van der Waals surface area contributed by atoms with E-state index in [2.05, 4.69) is 4.98 Å². The number of hydrogen-bond acceptors (Lipinski definition) is 1. The van der Waals surface area contributed by atoms with Gasteiger partial charge in [-0.15, -0.1) is 0 Å². The van der Waals surface area contributed by atoms with Gasteiger partial charge in [0.15, 0.2) is 11.6 Å². The Balaban J connectivity index is 1.91. The van der Waals surface area contributed by atoms with Crippen molar-refractivity contribution in [2.24, 2.45) is 0 Å². The van der Waals surface area contributed by atoms with Gasteiger partial charge in [-0.1, -0.05) is 59.7 Å². The molecule has 1 aromatic heterocycles. The summed E-state index contributed by atoms with van der Waals surface area (Å²) < 4.78 is 43.3. The van der Waals surface area contributed by atoms with Crippen molar-refractivity contribution in [1.82, 2.24) is 9.55 Å². The topological polar surface area (TPSA) is 17.8 Å². The molecule has 0 amide bonds. The SMILES string of the molecule is Cc1ccc(P(c2ccc(C)cc2)c2nccn2-c2cc(F)c(F)cc2F)cc1. The molecule has 0 unspecified atom stereocenters. The highest BCUT2D eigenvalue weighted by molar-refractivity contribution is 7.79. The zero-order valence-electron chi connectivity index (χ0n) is 15.9. The van der Waals surface area contributed by atoms with Crippen molar-refractivity contribution in [1.29, 1.82) is 0 Å². The van der Waals surface area contributed by atoms with Crippen molar-refractivity contribution in [3.63, 3.8) is 0 Å². The van der Waals surface area contributed by atoms with Crippen molar-refractivity contribution in [3.8, 4) is 5.69 Å². The highest BCUT2D eigenvalue weighted by Crippen LogP contribution is 2.33. The van der Waals surface area contributed by atoms with Crippen molar-refractivity contribution >= 4 is 24.1 Å². The minimum atomic E-state index is -1.22. The first-order chi connectivity index (χ1) is 13.9. The quantitative estimate of drug-likeness (QED) is 0.353. The first kappa shape index (κ1) is 19.4. The molecule has 0 aliphatic carbocycles. The van der Waals surface area contributed by atoms with E-state index in [-0.39, 0.29) is 5.69 Å². The molecule has 0 aliphatic heterocycles. The molecule has 4 rings (SSSR count). The molecule has 2 nitrogen and oxygen atoms in total. The number of imidazole rings is 1. The zero-order chi connectivity index (χ0) is 20.5. The number of aryl methyl sites for hydroxylation is 2. The van der Waals surface area contributed by atoms with E-state index in [1.54, 1.807) is 12.4 Å². The second kappa shape index (κ2) is 7.84. The summed E-state index contributed by atoms with van der Waals surface area (Å²) in [5, 5.41) is 2.06. The molecule has 0 radical (unpaired) electrons. The maximum Gasteiger partial charge on any atom is 0.161 e. The van der Waals surface area contributed by atoms with E-state index in [0.717, 1.165) is 27.8 Å². The van der Waals surface area contributed by atoms with E-state index < -0.39 is 25.4 Å². The average Bonchev–Trinajstić information content (AvgIpc) is 3.17. The smallest absolute Gasteiger partial charge is 0.161 e. The summed E-state index contributed by atoms with van der Waals surface area (Å²) in [5.41, 5.74) is 2.77. The van der Waals surface area contributed by atoms with Crippen LogP contribution in [-0.2, 0) is 0 Å². The van der Waals surface area contributed by atoms with Crippen molar-refractivity contribution in [3.05, 3.63) is 102 Å². The van der Waals surface area contributed by atoms with Crippen molar-refractivity contribution in [2.75, 3.05) is 0 Å². The van der Waals surface area contributed by atoms with Gasteiger partial charge in [-0.25, -0.2) is 18.2 Å². The van der Waals surface area contributed by atoms with Gasteiger partial charge in [-0.3, -0.25) is 4.57 Å². The second-order valence-corrected chi connectivity index (χ2v) is 8.93. The Hall–Kier alpha value is -2.91. The van der Waals surface area contributed by atoms with E-state index in [4.69, 9.17) is 0 Å². The van der Waals surface area contributed by atoms with Crippen molar-refractivity contribution < 1.29 is 13.2 Å². The molecule has 3 aromatic carbocycles. The third kappa shape index (κ3) is 3.83. The maximum atomic E-state index is 14.5. The maximum absolute atomic E-state index is 14.5. The largest absolute Gasteiger partial charge is 0.297 e. The molecule has 0 saturated heterocycles. The third-order valence-electron chi connectivity index (χ3n) is 4.65. The number of rotatable bonds is 4. The molecule has 4 aromatic rings. The highest BCUT2D eigenvalue weighted by atomic mass is 31.1. The molecule has 29 heavy (non-hydrogen) atoms. The number of hydrogen-bond donors (Lipinski definition) is 0. The van der Waals surface area contributed by atoms with E-state index in [1.807, 2.05) is 62.4 Å². The Morgan fingerprint density at radius 2 is 1.24 bits per heavy atom. The minimum absolute atomic E-state index is 0.0666. The molecule has 0 spiro atoms. The van der Waals surface area contributed by atoms with Gasteiger partial charge in [0, 0.05) is 32.4 Å². The van der Waals surface area contributed by atoms with Gasteiger partial charge in [-0.2, -0.15) is 0 Å². The normalized spacial score (nSPS) is 11.2. The fraction of sp³-hybridized carbons (Fsp3) is 0.0870. The molecule has 0 atom stereocenters. The fourth-order valence-corrected chi connectivity index (χ4v) is 5.34. The van der Waals surface area contributed by atoms with Gasteiger partial charge in [0.1, 0.15) is 11.4 Å². The summed E-state index contributed by atoms with van der Waals surface area (Å²) in [5.74, 6) is -3.16. The molecule has 146 valence electrons. The molecule has 0 fully saturated rings. The summed E-state index contributed by atoms with van der Waals surface area (Å²) in [4.78, 5) is 4.49. The minimum Gasteiger partial charge on any atom is -0.297 e. The standard InChI is InChI=1S/C23H18F3N2P/c1-15-3-7-17(8-4-15)29(18-9-5-16(2)6-10-18)23-27-11-12-28(23)22-14-20(25)19(24)13-21(22)26/h3-14H,1-2H3. The summed E-state index contributed by atoms with van der Waals surface area (Å²) in [6.45, 7) is 4.02. The highest BCUT2D eigenvalue weighted by Gasteiger charge is 2.24. The summed E-state index contributed by atoms with van der Waals surface area (Å²) >= 11 is 0. The molecule has 0 saturated carbocycles. The second-order valence-electron chi connectivity index (χ2n) is 6.82. The van der Waals surface area contributed by atoms with Gasteiger partial charge < -0.3 is 0 Å². The first-order valence-corrected chi connectivity index (χ1v) is 10.4. The lowest BCUT2D eigenvalue weighted by molar-refractivity contribution is 0.493. The Morgan fingerprint density at radius 3 is 1.79 bits per heavy atom. The van der Waals surface area contributed by atoms with Crippen LogP contribution in [0.1, 0.15) is 11.1 Å². The average molecular weight is 410 g/mol. The Labute approximate surface area is 168 Å². The van der Waals surface area contributed by atoms with E-state index >= 15 is 0 Å².